The van der Waals surface area contributed by atoms with E-state index in [-0.39, 0.29) is 11.9 Å². The van der Waals surface area contributed by atoms with Crippen LogP contribution in [0.5, 0.6) is 0 Å². The molecular formula is C13H18ClN3O. The number of amides is 1. The summed E-state index contributed by atoms with van der Waals surface area (Å²) in [6.45, 7) is 2.24. The second-order valence-corrected chi connectivity index (χ2v) is 4.94. The zero-order valence-corrected chi connectivity index (χ0v) is 11.4. The molecule has 2 rings (SSSR count). The van der Waals surface area contributed by atoms with Gasteiger partial charge in [0.15, 0.2) is 0 Å². The van der Waals surface area contributed by atoms with E-state index >= 15 is 0 Å². The van der Waals surface area contributed by atoms with E-state index in [2.05, 4.69) is 10.2 Å². The maximum absolute atomic E-state index is 12.2. The summed E-state index contributed by atoms with van der Waals surface area (Å²) in [4.78, 5) is 16.1. The molecule has 1 aliphatic rings. The largest absolute Gasteiger partial charge is 0.357 e. The molecule has 98 valence electrons. The molecule has 0 radical (unpaired) electrons. The lowest BCUT2D eigenvalue weighted by Gasteiger charge is -2.40. The first-order valence-corrected chi connectivity index (χ1v) is 6.43. The fourth-order valence-electron chi connectivity index (χ4n) is 2.24. The molecule has 5 heteroatoms. The van der Waals surface area contributed by atoms with Gasteiger partial charge in [-0.15, -0.1) is 0 Å². The third-order valence-corrected chi connectivity index (χ3v) is 3.52. The summed E-state index contributed by atoms with van der Waals surface area (Å²) in [5.41, 5.74) is 1.04. The molecule has 0 saturated carbocycles. The second-order valence-electron chi connectivity index (χ2n) is 4.50. The number of piperazine rings is 1. The minimum atomic E-state index is -0.144. The summed E-state index contributed by atoms with van der Waals surface area (Å²) in [6.07, 6.45) is 0. The number of likely N-dealkylation sites (N-methyl/N-ethyl adjacent to an activating group) is 2. The van der Waals surface area contributed by atoms with Gasteiger partial charge in [-0.05, 0) is 31.3 Å². The molecule has 1 heterocycles. The molecule has 18 heavy (non-hydrogen) atoms. The summed E-state index contributed by atoms with van der Waals surface area (Å²) < 4.78 is 0. The summed E-state index contributed by atoms with van der Waals surface area (Å²) in [6, 6.07) is 7.49. The smallest absolute Gasteiger partial charge is 0.246 e. The van der Waals surface area contributed by atoms with Crippen LogP contribution in [0.3, 0.4) is 0 Å². The Morgan fingerprint density at radius 2 is 2.00 bits per heavy atom. The normalized spacial score (nSPS) is 20.4. The van der Waals surface area contributed by atoms with Gasteiger partial charge in [0.2, 0.25) is 5.91 Å². The molecule has 1 aliphatic heterocycles. The quantitative estimate of drug-likeness (QED) is 0.894. The number of hydrogen-bond acceptors (Lipinski definition) is 3. The minimum Gasteiger partial charge on any atom is -0.357 e. The van der Waals surface area contributed by atoms with Crippen molar-refractivity contribution in [2.75, 3.05) is 38.6 Å². The van der Waals surface area contributed by atoms with Crippen LogP contribution in [0.15, 0.2) is 24.3 Å². The van der Waals surface area contributed by atoms with Gasteiger partial charge in [0, 0.05) is 37.4 Å². The van der Waals surface area contributed by atoms with Crippen LogP contribution in [0.4, 0.5) is 5.69 Å². The maximum atomic E-state index is 12.2. The van der Waals surface area contributed by atoms with Gasteiger partial charge in [-0.3, -0.25) is 4.79 Å². The first-order valence-electron chi connectivity index (χ1n) is 6.05. The summed E-state index contributed by atoms with van der Waals surface area (Å²) in [5, 5.41) is 3.80. The van der Waals surface area contributed by atoms with E-state index in [4.69, 9.17) is 11.6 Å². The first kappa shape index (κ1) is 13.2. The topological polar surface area (TPSA) is 35.6 Å². The van der Waals surface area contributed by atoms with Crippen LogP contribution < -0.4 is 10.2 Å². The molecule has 0 aromatic heterocycles. The van der Waals surface area contributed by atoms with Gasteiger partial charge >= 0.3 is 0 Å². The van der Waals surface area contributed by atoms with E-state index < -0.39 is 0 Å². The molecule has 1 fully saturated rings. The average Bonchev–Trinajstić information content (AvgIpc) is 2.37. The van der Waals surface area contributed by atoms with Crippen molar-refractivity contribution in [3.05, 3.63) is 29.3 Å². The van der Waals surface area contributed by atoms with E-state index in [1.165, 1.54) is 0 Å². The molecule has 0 aliphatic carbocycles. The van der Waals surface area contributed by atoms with Gasteiger partial charge in [0.05, 0.1) is 0 Å². The number of nitrogens with one attached hydrogen (secondary N) is 1. The molecule has 1 atom stereocenters. The van der Waals surface area contributed by atoms with Crippen LogP contribution in [0.25, 0.3) is 0 Å². The highest BCUT2D eigenvalue weighted by Gasteiger charge is 2.32. The van der Waals surface area contributed by atoms with Crippen molar-refractivity contribution in [1.29, 1.82) is 0 Å². The fraction of sp³-hybridized carbons (Fsp3) is 0.462. The number of carbonyl (C=O) groups excluding carboxylic acids is 1. The Labute approximate surface area is 113 Å². The predicted octanol–water partition coefficient (Wildman–Crippen LogP) is 1.21. The minimum absolute atomic E-state index is 0.144. The molecule has 1 N–H and O–H groups in total. The number of halogens is 1. The highest BCUT2D eigenvalue weighted by atomic mass is 35.5. The Kier molecular flexibility index (Phi) is 4.09. The van der Waals surface area contributed by atoms with Crippen LogP contribution in [0, 0.1) is 0 Å². The van der Waals surface area contributed by atoms with Crippen LogP contribution >= 0.6 is 11.6 Å². The van der Waals surface area contributed by atoms with Crippen LogP contribution in [0.2, 0.25) is 5.02 Å². The van der Waals surface area contributed by atoms with E-state index in [1.807, 2.05) is 38.4 Å². The number of rotatable bonds is 3. The van der Waals surface area contributed by atoms with Gasteiger partial charge in [-0.1, -0.05) is 11.6 Å². The zero-order valence-electron chi connectivity index (χ0n) is 10.7. The van der Waals surface area contributed by atoms with Gasteiger partial charge < -0.3 is 15.1 Å². The molecule has 1 aromatic carbocycles. The zero-order chi connectivity index (χ0) is 13.1. The molecule has 1 saturated heterocycles. The summed E-state index contributed by atoms with van der Waals surface area (Å²) >= 11 is 5.89. The van der Waals surface area contributed by atoms with E-state index in [0.29, 0.717) is 11.6 Å². The third kappa shape index (κ3) is 2.60. The lowest BCUT2D eigenvalue weighted by Crippen LogP contribution is -2.59. The number of anilines is 1. The van der Waals surface area contributed by atoms with Gasteiger partial charge in [-0.25, -0.2) is 0 Å². The van der Waals surface area contributed by atoms with Crippen molar-refractivity contribution in [1.82, 2.24) is 10.2 Å². The molecular weight excluding hydrogens is 250 g/mol. The van der Waals surface area contributed by atoms with Gasteiger partial charge in [-0.2, -0.15) is 0 Å². The molecule has 0 spiro atoms. The SMILES string of the molecule is CNCC1C(=O)N(C)CCN1c1ccc(Cl)cc1. The molecule has 1 amide bonds. The van der Waals surface area contributed by atoms with Crippen LogP contribution in [0.1, 0.15) is 0 Å². The van der Waals surface area contributed by atoms with Crippen molar-refractivity contribution in [2.24, 2.45) is 0 Å². The molecule has 0 bridgehead atoms. The van der Waals surface area contributed by atoms with Crippen molar-refractivity contribution >= 4 is 23.2 Å². The predicted molar refractivity (Wildman–Crippen MR) is 74.1 cm³/mol. The van der Waals surface area contributed by atoms with E-state index in [1.54, 1.807) is 4.90 Å². The monoisotopic (exact) mass is 267 g/mol. The van der Waals surface area contributed by atoms with Gasteiger partial charge in [0.1, 0.15) is 6.04 Å². The Hall–Kier alpha value is -1.26. The Bertz CT molecular complexity index is 421. The molecule has 1 unspecified atom stereocenters. The lowest BCUT2D eigenvalue weighted by molar-refractivity contribution is -0.132. The first-order chi connectivity index (χ1) is 8.63. The number of benzene rings is 1. The van der Waals surface area contributed by atoms with Crippen LogP contribution in [-0.2, 0) is 4.79 Å². The third-order valence-electron chi connectivity index (χ3n) is 3.27. The number of carbonyl (C=O) groups is 1. The standard InChI is InChI=1S/C13H18ClN3O/c1-15-9-12-13(18)16(2)7-8-17(12)11-5-3-10(14)4-6-11/h3-6,12,15H,7-9H2,1-2H3. The van der Waals surface area contributed by atoms with Gasteiger partial charge in [0.25, 0.3) is 0 Å². The summed E-state index contributed by atoms with van der Waals surface area (Å²) in [5.74, 6) is 0.158. The number of hydrogen-bond donors (Lipinski definition) is 1. The van der Waals surface area contributed by atoms with Crippen molar-refractivity contribution in [3.8, 4) is 0 Å². The molecule has 1 aromatic rings. The van der Waals surface area contributed by atoms with Crippen molar-refractivity contribution < 1.29 is 4.79 Å². The van der Waals surface area contributed by atoms with E-state index in [0.717, 1.165) is 18.8 Å². The van der Waals surface area contributed by atoms with E-state index in [9.17, 15) is 4.79 Å². The highest BCUT2D eigenvalue weighted by molar-refractivity contribution is 6.30. The number of nitrogens with zero attached hydrogens (tertiary/aromatic N) is 2. The maximum Gasteiger partial charge on any atom is 0.246 e. The summed E-state index contributed by atoms with van der Waals surface area (Å²) in [7, 11) is 3.71. The average molecular weight is 268 g/mol. The van der Waals surface area contributed by atoms with Crippen molar-refractivity contribution in [2.45, 2.75) is 6.04 Å². The highest BCUT2D eigenvalue weighted by Crippen LogP contribution is 2.22. The molecule has 4 nitrogen and oxygen atoms in total. The van der Waals surface area contributed by atoms with Crippen molar-refractivity contribution in [3.63, 3.8) is 0 Å². The Balaban J connectivity index is 2.24. The fourth-order valence-corrected chi connectivity index (χ4v) is 2.37. The lowest BCUT2D eigenvalue weighted by atomic mass is 10.1. The van der Waals surface area contributed by atoms with Crippen LogP contribution in [-0.4, -0.2) is 50.6 Å². The Morgan fingerprint density at radius 3 is 2.61 bits per heavy atom. The second kappa shape index (κ2) is 5.59. The Morgan fingerprint density at radius 1 is 1.33 bits per heavy atom.